The highest BCUT2D eigenvalue weighted by Gasteiger charge is 2.31. The van der Waals surface area contributed by atoms with Crippen LogP contribution in [0.25, 0.3) is 0 Å². The lowest BCUT2D eigenvalue weighted by atomic mass is 10.1. The zero-order valence-electron chi connectivity index (χ0n) is 8.44. The Labute approximate surface area is 98.9 Å². The van der Waals surface area contributed by atoms with Gasteiger partial charge in [0.25, 0.3) is 0 Å². The molecule has 0 bridgehead atoms. The molecular formula is C10H7F3N2OS. The number of ether oxygens (including phenoxy) is 1. The third-order valence-corrected chi connectivity index (χ3v) is 2.59. The number of nitrogens with zero attached hydrogens (tertiary/aromatic N) is 2. The molecule has 1 heterocycles. The molecule has 2 rings (SSSR count). The second-order valence-electron chi connectivity index (χ2n) is 3.20. The topological polar surface area (TPSA) is 35.0 Å². The molecule has 0 radical (unpaired) electrons. The van der Waals surface area contributed by atoms with Crippen molar-refractivity contribution in [2.45, 2.75) is 12.8 Å². The van der Waals surface area contributed by atoms with E-state index in [0.29, 0.717) is 12.0 Å². The first-order chi connectivity index (χ1) is 8.03. The second-order valence-corrected chi connectivity index (χ2v) is 4.12. The molecule has 90 valence electrons. The molecule has 0 aliphatic heterocycles. The monoisotopic (exact) mass is 260 g/mol. The maximum atomic E-state index is 12.0. The normalized spacial score (nSPS) is 11.5. The molecule has 0 fully saturated rings. The Morgan fingerprint density at radius 1 is 1.29 bits per heavy atom. The van der Waals surface area contributed by atoms with Gasteiger partial charge in [0.2, 0.25) is 0 Å². The van der Waals surface area contributed by atoms with E-state index >= 15 is 0 Å². The molecule has 3 nitrogen and oxygen atoms in total. The van der Waals surface area contributed by atoms with Crippen LogP contribution in [0.4, 0.5) is 13.2 Å². The smallest absolute Gasteiger partial charge is 0.406 e. The summed E-state index contributed by atoms with van der Waals surface area (Å²) in [4.78, 5) is 0. The first kappa shape index (κ1) is 11.8. The van der Waals surface area contributed by atoms with Gasteiger partial charge in [-0.25, -0.2) is 0 Å². The van der Waals surface area contributed by atoms with Gasteiger partial charge in [0, 0.05) is 6.42 Å². The third-order valence-electron chi connectivity index (χ3n) is 1.89. The van der Waals surface area contributed by atoms with E-state index in [9.17, 15) is 13.2 Å². The number of hydrogen-bond donors (Lipinski definition) is 0. The van der Waals surface area contributed by atoms with Crippen LogP contribution in [0.15, 0.2) is 29.8 Å². The van der Waals surface area contributed by atoms with Crippen molar-refractivity contribution in [3.8, 4) is 5.75 Å². The van der Waals surface area contributed by atoms with Crippen LogP contribution in [0.3, 0.4) is 0 Å². The molecule has 1 aromatic carbocycles. The van der Waals surface area contributed by atoms with Gasteiger partial charge in [0.15, 0.2) is 0 Å². The van der Waals surface area contributed by atoms with Crippen molar-refractivity contribution in [3.63, 3.8) is 0 Å². The highest BCUT2D eigenvalue weighted by molar-refractivity contribution is 7.09. The average Bonchev–Trinajstić information content (AvgIpc) is 2.68. The molecule has 0 aliphatic carbocycles. The standard InChI is InChI=1S/C10H7F3N2OS/c11-10(12,13)16-8-3-1-2-7(4-8)5-9-15-14-6-17-9/h1-4,6H,5H2. The van der Waals surface area contributed by atoms with Crippen molar-refractivity contribution in [1.82, 2.24) is 10.2 Å². The van der Waals surface area contributed by atoms with Gasteiger partial charge in [-0.2, -0.15) is 0 Å². The Morgan fingerprint density at radius 3 is 2.76 bits per heavy atom. The molecule has 0 amide bonds. The van der Waals surface area contributed by atoms with Crippen molar-refractivity contribution in [1.29, 1.82) is 0 Å². The molecule has 0 unspecified atom stereocenters. The number of hydrogen-bond acceptors (Lipinski definition) is 4. The number of aromatic nitrogens is 2. The van der Waals surface area contributed by atoms with Crippen molar-refractivity contribution in [3.05, 3.63) is 40.3 Å². The summed E-state index contributed by atoms with van der Waals surface area (Å²) in [5.41, 5.74) is 2.27. The summed E-state index contributed by atoms with van der Waals surface area (Å²) >= 11 is 1.35. The molecule has 17 heavy (non-hydrogen) atoms. The van der Waals surface area contributed by atoms with Crippen LogP contribution in [0, 0.1) is 0 Å². The molecule has 0 N–H and O–H groups in total. The van der Waals surface area contributed by atoms with Crippen LogP contribution in [-0.4, -0.2) is 16.6 Å². The zero-order valence-corrected chi connectivity index (χ0v) is 9.26. The van der Waals surface area contributed by atoms with Gasteiger partial charge in [-0.05, 0) is 17.7 Å². The van der Waals surface area contributed by atoms with Crippen LogP contribution < -0.4 is 4.74 Å². The van der Waals surface area contributed by atoms with Gasteiger partial charge < -0.3 is 4.74 Å². The van der Waals surface area contributed by atoms with Gasteiger partial charge >= 0.3 is 6.36 Å². The molecule has 7 heteroatoms. The summed E-state index contributed by atoms with van der Waals surface area (Å²) in [7, 11) is 0. The Bertz CT molecular complexity index is 485. The first-order valence-electron chi connectivity index (χ1n) is 4.63. The fraction of sp³-hybridized carbons (Fsp3) is 0.200. The van der Waals surface area contributed by atoms with Crippen LogP contribution in [0.2, 0.25) is 0 Å². The zero-order chi connectivity index (χ0) is 12.3. The van der Waals surface area contributed by atoms with Gasteiger partial charge in [-0.3, -0.25) is 0 Å². The molecule has 0 saturated heterocycles. The van der Waals surface area contributed by atoms with E-state index in [1.165, 1.54) is 29.5 Å². The van der Waals surface area contributed by atoms with Gasteiger partial charge in [-0.15, -0.1) is 34.7 Å². The molecule has 0 saturated carbocycles. The first-order valence-corrected chi connectivity index (χ1v) is 5.50. The van der Waals surface area contributed by atoms with E-state index in [2.05, 4.69) is 14.9 Å². The minimum atomic E-state index is -4.67. The maximum absolute atomic E-state index is 12.0. The summed E-state index contributed by atoms with van der Waals surface area (Å²) < 4.78 is 39.9. The van der Waals surface area contributed by atoms with Crippen molar-refractivity contribution in [2.24, 2.45) is 0 Å². The fourth-order valence-electron chi connectivity index (χ4n) is 1.30. The fourth-order valence-corrected chi connectivity index (χ4v) is 1.86. The van der Waals surface area contributed by atoms with E-state index in [1.54, 1.807) is 11.6 Å². The van der Waals surface area contributed by atoms with Crippen LogP contribution in [0.5, 0.6) is 5.75 Å². The number of alkyl halides is 3. The Balaban J connectivity index is 2.12. The predicted molar refractivity (Wildman–Crippen MR) is 55.8 cm³/mol. The number of halogens is 3. The van der Waals surface area contributed by atoms with Crippen LogP contribution in [-0.2, 0) is 6.42 Å². The Hall–Kier alpha value is -1.63. The van der Waals surface area contributed by atoms with Crippen molar-refractivity contribution >= 4 is 11.3 Å². The van der Waals surface area contributed by atoms with E-state index in [4.69, 9.17) is 0 Å². The van der Waals surface area contributed by atoms with Gasteiger partial charge in [0.05, 0.1) is 0 Å². The summed E-state index contributed by atoms with van der Waals surface area (Å²) in [6.07, 6.45) is -4.22. The van der Waals surface area contributed by atoms with E-state index < -0.39 is 6.36 Å². The number of benzene rings is 1. The molecular weight excluding hydrogens is 253 g/mol. The molecule has 0 aliphatic rings. The quantitative estimate of drug-likeness (QED) is 0.850. The largest absolute Gasteiger partial charge is 0.573 e. The van der Waals surface area contributed by atoms with E-state index in [1.807, 2.05) is 0 Å². The Morgan fingerprint density at radius 2 is 2.12 bits per heavy atom. The second kappa shape index (κ2) is 4.70. The van der Waals surface area contributed by atoms with E-state index in [0.717, 1.165) is 5.01 Å². The van der Waals surface area contributed by atoms with Crippen LogP contribution >= 0.6 is 11.3 Å². The highest BCUT2D eigenvalue weighted by Crippen LogP contribution is 2.24. The third kappa shape index (κ3) is 3.70. The number of rotatable bonds is 3. The molecule has 0 spiro atoms. The molecule has 2 aromatic rings. The summed E-state index contributed by atoms with van der Waals surface area (Å²) in [5.74, 6) is -0.223. The maximum Gasteiger partial charge on any atom is 0.573 e. The van der Waals surface area contributed by atoms with Crippen molar-refractivity contribution in [2.75, 3.05) is 0 Å². The molecule has 1 aromatic heterocycles. The van der Waals surface area contributed by atoms with E-state index in [-0.39, 0.29) is 5.75 Å². The summed E-state index contributed by atoms with van der Waals surface area (Å²) in [6.45, 7) is 0. The lowest BCUT2D eigenvalue weighted by Gasteiger charge is -2.09. The lowest BCUT2D eigenvalue weighted by molar-refractivity contribution is -0.274. The highest BCUT2D eigenvalue weighted by atomic mass is 32.1. The van der Waals surface area contributed by atoms with Gasteiger partial charge in [-0.1, -0.05) is 12.1 Å². The van der Waals surface area contributed by atoms with Gasteiger partial charge in [0.1, 0.15) is 16.3 Å². The molecule has 0 atom stereocenters. The summed E-state index contributed by atoms with van der Waals surface area (Å²) in [5, 5.41) is 8.22. The predicted octanol–water partition coefficient (Wildman–Crippen LogP) is 3.03. The van der Waals surface area contributed by atoms with Crippen molar-refractivity contribution < 1.29 is 17.9 Å². The van der Waals surface area contributed by atoms with Crippen LogP contribution in [0.1, 0.15) is 10.6 Å². The SMILES string of the molecule is FC(F)(F)Oc1cccc(Cc2nncs2)c1. The lowest BCUT2D eigenvalue weighted by Crippen LogP contribution is -2.17. The minimum Gasteiger partial charge on any atom is -0.406 e. The summed E-state index contributed by atoms with van der Waals surface area (Å²) in [6, 6.07) is 5.83. The minimum absolute atomic E-state index is 0.223. The average molecular weight is 260 g/mol. The Kier molecular flexibility index (Phi) is 3.28.